The first-order chi connectivity index (χ1) is 18.2. The molecular formula is C29H33ClF2N2O5. The van der Waals surface area contributed by atoms with Gasteiger partial charge in [0.25, 0.3) is 5.91 Å². The molecule has 2 heterocycles. The van der Waals surface area contributed by atoms with E-state index < -0.39 is 40.1 Å². The van der Waals surface area contributed by atoms with Crippen molar-refractivity contribution in [2.75, 3.05) is 5.32 Å². The third-order valence-corrected chi connectivity index (χ3v) is 7.87. The van der Waals surface area contributed by atoms with Gasteiger partial charge in [-0.2, -0.15) is 0 Å². The number of carbonyl (C=O) groups is 4. The van der Waals surface area contributed by atoms with Gasteiger partial charge < -0.3 is 14.6 Å². The SMILES string of the molecule is CC1(CC(=O)C(=O)c2c(Cl)c(C(=O)Nc3ccc(F)c(F)c3)c3n2CCC3)CCC(C(=O)OC(C)(C)C)CC1. The summed E-state index contributed by atoms with van der Waals surface area (Å²) in [5.41, 5.74) is -0.422. The molecule has 2 aromatic rings. The van der Waals surface area contributed by atoms with Gasteiger partial charge in [0.2, 0.25) is 11.6 Å². The van der Waals surface area contributed by atoms with E-state index in [4.69, 9.17) is 16.3 Å². The summed E-state index contributed by atoms with van der Waals surface area (Å²) in [6, 6.07) is 2.96. The van der Waals surface area contributed by atoms with E-state index in [0.717, 1.165) is 12.1 Å². The molecule has 1 aliphatic carbocycles. The highest BCUT2D eigenvalue weighted by Gasteiger charge is 2.40. The van der Waals surface area contributed by atoms with Gasteiger partial charge in [0.05, 0.1) is 16.5 Å². The first kappa shape index (κ1) is 28.9. The van der Waals surface area contributed by atoms with Crippen LogP contribution in [0.1, 0.15) is 92.8 Å². The first-order valence-electron chi connectivity index (χ1n) is 13.2. The molecule has 210 valence electrons. The Labute approximate surface area is 231 Å². The number of aromatic nitrogens is 1. The number of hydrogen-bond donors (Lipinski definition) is 1. The van der Waals surface area contributed by atoms with Crippen molar-refractivity contribution < 1.29 is 32.7 Å². The minimum Gasteiger partial charge on any atom is -0.460 e. The summed E-state index contributed by atoms with van der Waals surface area (Å²) in [6.07, 6.45) is 3.47. The van der Waals surface area contributed by atoms with Gasteiger partial charge >= 0.3 is 5.97 Å². The summed E-state index contributed by atoms with van der Waals surface area (Å²) in [5, 5.41) is 2.38. The molecule has 1 aliphatic heterocycles. The van der Waals surface area contributed by atoms with Crippen LogP contribution in [0.5, 0.6) is 0 Å². The van der Waals surface area contributed by atoms with Crippen molar-refractivity contribution in [2.24, 2.45) is 11.3 Å². The molecule has 7 nitrogen and oxygen atoms in total. The average molecular weight is 563 g/mol. The molecule has 1 saturated carbocycles. The first-order valence-corrected chi connectivity index (χ1v) is 13.5. The summed E-state index contributed by atoms with van der Waals surface area (Å²) in [4.78, 5) is 52.2. The lowest BCUT2D eigenvalue weighted by atomic mass is 9.69. The van der Waals surface area contributed by atoms with Crippen molar-refractivity contribution in [1.29, 1.82) is 0 Å². The maximum absolute atomic E-state index is 13.6. The zero-order valence-corrected chi connectivity index (χ0v) is 23.3. The fourth-order valence-electron chi connectivity index (χ4n) is 5.48. The second-order valence-corrected chi connectivity index (χ2v) is 12.2. The molecule has 1 aromatic heterocycles. The van der Waals surface area contributed by atoms with Gasteiger partial charge in [-0.3, -0.25) is 19.2 Å². The summed E-state index contributed by atoms with van der Waals surface area (Å²) in [5.74, 6) is -4.67. The number of carbonyl (C=O) groups excluding carboxylic acids is 4. The Kier molecular flexibility index (Phi) is 8.03. The molecule has 0 unspecified atom stereocenters. The van der Waals surface area contributed by atoms with Crippen molar-refractivity contribution in [3.05, 3.63) is 51.8 Å². The topological polar surface area (TPSA) is 94.5 Å². The number of nitrogens with zero attached hydrogens (tertiary/aromatic N) is 1. The summed E-state index contributed by atoms with van der Waals surface area (Å²) < 4.78 is 34.0. The fraction of sp³-hybridized carbons (Fsp3) is 0.517. The number of halogens is 3. The molecule has 2 aliphatic rings. The molecule has 0 spiro atoms. The standard InChI is InChI=1S/C29H33ClF2N2O5/c1-28(2,3)39-27(38)16-9-11-29(4,12-10-16)15-21(35)25(36)24-23(30)22(20-6-5-13-34(20)24)26(37)33-17-7-8-18(31)19(32)14-17/h7-8,14,16H,5-6,9-13,15H2,1-4H3,(H,33,37). The zero-order valence-electron chi connectivity index (χ0n) is 22.6. The van der Waals surface area contributed by atoms with Crippen LogP contribution in [0, 0.1) is 23.0 Å². The van der Waals surface area contributed by atoms with Crippen molar-refractivity contribution in [3.8, 4) is 0 Å². The summed E-state index contributed by atoms with van der Waals surface area (Å²) in [7, 11) is 0. The average Bonchev–Trinajstić information content (AvgIpc) is 3.39. The number of anilines is 1. The number of benzene rings is 1. The summed E-state index contributed by atoms with van der Waals surface area (Å²) >= 11 is 6.55. The van der Waals surface area contributed by atoms with E-state index in [-0.39, 0.29) is 40.3 Å². The van der Waals surface area contributed by atoms with Gasteiger partial charge in [0.1, 0.15) is 11.3 Å². The number of Topliss-reactive ketones (excluding diaryl/α,β-unsaturated/α-hetero) is 2. The number of fused-ring (bicyclic) bond motifs is 1. The molecule has 0 bridgehead atoms. The second-order valence-electron chi connectivity index (χ2n) is 11.9. The lowest BCUT2D eigenvalue weighted by Gasteiger charge is -2.36. The van der Waals surface area contributed by atoms with Crippen molar-refractivity contribution >= 4 is 40.7 Å². The van der Waals surface area contributed by atoms with E-state index >= 15 is 0 Å². The van der Waals surface area contributed by atoms with Crippen LogP contribution in [0.2, 0.25) is 5.02 Å². The van der Waals surface area contributed by atoms with Crippen LogP contribution in [0.3, 0.4) is 0 Å². The molecule has 39 heavy (non-hydrogen) atoms. The Morgan fingerprint density at radius 1 is 1.13 bits per heavy atom. The minimum atomic E-state index is -1.11. The molecule has 10 heteroatoms. The number of esters is 1. The van der Waals surface area contributed by atoms with Gasteiger partial charge in [-0.05, 0) is 76.8 Å². The highest BCUT2D eigenvalue weighted by atomic mass is 35.5. The molecule has 0 atom stereocenters. The molecular weight excluding hydrogens is 530 g/mol. The van der Waals surface area contributed by atoms with Crippen LogP contribution < -0.4 is 5.32 Å². The van der Waals surface area contributed by atoms with Crippen LogP contribution in [0.25, 0.3) is 0 Å². The lowest BCUT2D eigenvalue weighted by Crippen LogP contribution is -2.35. The smallest absolute Gasteiger partial charge is 0.309 e. The fourth-order valence-corrected chi connectivity index (χ4v) is 5.86. The largest absolute Gasteiger partial charge is 0.460 e. The minimum absolute atomic E-state index is 0.0000993. The van der Waals surface area contributed by atoms with Crippen LogP contribution in [0.4, 0.5) is 14.5 Å². The third-order valence-electron chi connectivity index (χ3n) is 7.50. The van der Waals surface area contributed by atoms with Crippen molar-refractivity contribution in [2.45, 2.75) is 84.8 Å². The van der Waals surface area contributed by atoms with Crippen LogP contribution >= 0.6 is 11.6 Å². The monoisotopic (exact) mass is 562 g/mol. The number of ketones is 2. The molecule has 1 aromatic carbocycles. The van der Waals surface area contributed by atoms with Gasteiger partial charge in [-0.1, -0.05) is 18.5 Å². The lowest BCUT2D eigenvalue weighted by molar-refractivity contribution is -0.161. The number of hydrogen-bond acceptors (Lipinski definition) is 5. The van der Waals surface area contributed by atoms with E-state index in [2.05, 4.69) is 5.32 Å². The summed E-state index contributed by atoms with van der Waals surface area (Å²) in [6.45, 7) is 7.83. The van der Waals surface area contributed by atoms with E-state index in [0.29, 0.717) is 50.8 Å². The number of rotatable bonds is 7. The maximum Gasteiger partial charge on any atom is 0.309 e. The Morgan fingerprint density at radius 2 is 1.79 bits per heavy atom. The van der Waals surface area contributed by atoms with Crippen molar-refractivity contribution in [3.63, 3.8) is 0 Å². The van der Waals surface area contributed by atoms with E-state index in [1.165, 1.54) is 6.07 Å². The van der Waals surface area contributed by atoms with E-state index in [1.54, 1.807) is 4.57 Å². The van der Waals surface area contributed by atoms with Gasteiger partial charge in [-0.15, -0.1) is 0 Å². The normalized spacial score (nSPS) is 20.8. The van der Waals surface area contributed by atoms with Crippen LogP contribution in [0.15, 0.2) is 18.2 Å². The number of ether oxygens (including phenoxy) is 1. The quantitative estimate of drug-likeness (QED) is 0.243. The third kappa shape index (κ3) is 6.24. The Morgan fingerprint density at radius 3 is 2.41 bits per heavy atom. The molecule has 1 amide bonds. The Balaban J connectivity index is 1.48. The van der Waals surface area contributed by atoms with Crippen LogP contribution in [-0.2, 0) is 27.3 Å². The molecule has 4 rings (SSSR count). The zero-order chi connectivity index (χ0) is 28.7. The Hall–Kier alpha value is -3.07. The number of amides is 1. The molecule has 0 radical (unpaired) electrons. The molecule has 0 saturated heterocycles. The highest BCUT2D eigenvalue weighted by Crippen LogP contribution is 2.43. The van der Waals surface area contributed by atoms with Gasteiger partial charge in [-0.25, -0.2) is 8.78 Å². The predicted molar refractivity (Wildman–Crippen MR) is 142 cm³/mol. The number of nitrogens with one attached hydrogen (secondary N) is 1. The predicted octanol–water partition coefficient (Wildman–Crippen LogP) is 6.30. The van der Waals surface area contributed by atoms with E-state index in [9.17, 15) is 28.0 Å². The maximum atomic E-state index is 13.6. The van der Waals surface area contributed by atoms with Crippen molar-refractivity contribution in [1.82, 2.24) is 4.57 Å². The highest BCUT2D eigenvalue weighted by molar-refractivity contribution is 6.48. The molecule has 1 N–H and O–H groups in total. The molecule has 1 fully saturated rings. The second kappa shape index (κ2) is 10.8. The van der Waals surface area contributed by atoms with Gasteiger partial charge in [0.15, 0.2) is 11.6 Å². The Bertz CT molecular complexity index is 1340. The van der Waals surface area contributed by atoms with Gasteiger partial charge in [0, 0.05) is 30.4 Å². The van der Waals surface area contributed by atoms with E-state index in [1.807, 2.05) is 27.7 Å². The van der Waals surface area contributed by atoms with Crippen LogP contribution in [-0.4, -0.2) is 33.6 Å².